The molecule has 0 saturated heterocycles. The summed E-state index contributed by atoms with van der Waals surface area (Å²) in [5.41, 5.74) is -0.214. The van der Waals surface area contributed by atoms with E-state index in [9.17, 15) is 0 Å². The highest BCUT2D eigenvalue weighted by Gasteiger charge is 2.26. The molecular weight excluding hydrogens is 224 g/mol. The quantitative estimate of drug-likeness (QED) is 0.764. The zero-order valence-corrected chi connectivity index (χ0v) is 10.9. The maximum Gasteiger partial charge on any atom is 0.109 e. The molecule has 1 aromatic heterocycles. The predicted molar refractivity (Wildman–Crippen MR) is 65.6 cm³/mol. The van der Waals surface area contributed by atoms with Gasteiger partial charge in [0, 0.05) is 30.8 Å². The third-order valence-corrected chi connectivity index (χ3v) is 3.47. The number of nitrogens with zero attached hydrogens (tertiary/aromatic N) is 1. The molecule has 0 aliphatic heterocycles. The second kappa shape index (κ2) is 6.30. The van der Waals surface area contributed by atoms with Crippen LogP contribution in [0, 0.1) is 0 Å². The van der Waals surface area contributed by atoms with Gasteiger partial charge in [-0.3, -0.25) is 0 Å². The molecule has 2 unspecified atom stereocenters. The van der Waals surface area contributed by atoms with Gasteiger partial charge in [-0.25, -0.2) is 4.98 Å². The van der Waals surface area contributed by atoms with Crippen molar-refractivity contribution in [3.63, 3.8) is 0 Å². The van der Waals surface area contributed by atoms with E-state index in [1.165, 1.54) is 0 Å². The van der Waals surface area contributed by atoms with Crippen molar-refractivity contribution in [3.8, 4) is 0 Å². The van der Waals surface area contributed by atoms with Gasteiger partial charge in [-0.2, -0.15) is 0 Å². The molecule has 0 saturated carbocycles. The molecule has 2 atom stereocenters. The van der Waals surface area contributed by atoms with E-state index in [1.54, 1.807) is 24.6 Å². The lowest BCUT2D eigenvalue weighted by Gasteiger charge is -2.32. The molecule has 1 heterocycles. The summed E-state index contributed by atoms with van der Waals surface area (Å²) < 4.78 is 5.19. The molecule has 0 spiro atoms. The third-order valence-electron chi connectivity index (χ3n) is 2.51. The van der Waals surface area contributed by atoms with Gasteiger partial charge in [0.15, 0.2) is 0 Å². The zero-order valence-electron chi connectivity index (χ0n) is 10.1. The Morgan fingerprint density at radius 1 is 1.69 bits per heavy atom. The molecule has 5 heteroatoms. The highest BCUT2D eigenvalue weighted by molar-refractivity contribution is 7.09. The summed E-state index contributed by atoms with van der Waals surface area (Å²) in [6.45, 7) is 4.85. The molecule has 0 radical (unpaired) electrons. The standard InChI is InChI=1S/C11H20N2O2S/c1-9(10-12-5-7-16-10)13-11(2,4-6-14)8-15-3/h5,7,9,13-14H,4,6,8H2,1-3H3. The number of thiazole rings is 1. The van der Waals surface area contributed by atoms with Gasteiger partial charge >= 0.3 is 0 Å². The lowest BCUT2D eigenvalue weighted by atomic mass is 9.98. The largest absolute Gasteiger partial charge is 0.396 e. The molecule has 0 amide bonds. The van der Waals surface area contributed by atoms with E-state index in [-0.39, 0.29) is 18.2 Å². The van der Waals surface area contributed by atoms with Crippen molar-refractivity contribution in [2.45, 2.75) is 31.8 Å². The fourth-order valence-corrected chi connectivity index (χ4v) is 2.43. The van der Waals surface area contributed by atoms with Crippen LogP contribution in [0.4, 0.5) is 0 Å². The van der Waals surface area contributed by atoms with E-state index in [0.717, 1.165) is 5.01 Å². The maximum atomic E-state index is 9.06. The van der Waals surface area contributed by atoms with E-state index in [0.29, 0.717) is 13.0 Å². The van der Waals surface area contributed by atoms with Crippen molar-refractivity contribution in [1.29, 1.82) is 0 Å². The summed E-state index contributed by atoms with van der Waals surface area (Å²) in [5.74, 6) is 0. The second-order valence-corrected chi connectivity index (χ2v) is 5.13. The van der Waals surface area contributed by atoms with Crippen LogP contribution in [-0.4, -0.2) is 36.0 Å². The Balaban J connectivity index is 2.60. The van der Waals surface area contributed by atoms with Crippen LogP contribution in [0.2, 0.25) is 0 Å². The van der Waals surface area contributed by atoms with Crippen molar-refractivity contribution < 1.29 is 9.84 Å². The number of aromatic nitrogens is 1. The summed E-state index contributed by atoms with van der Waals surface area (Å²) in [4.78, 5) is 4.27. The monoisotopic (exact) mass is 244 g/mol. The number of ether oxygens (including phenoxy) is 1. The Hall–Kier alpha value is -0.490. The molecule has 1 aromatic rings. The topological polar surface area (TPSA) is 54.4 Å². The molecule has 0 bridgehead atoms. The van der Waals surface area contributed by atoms with Crippen molar-refractivity contribution >= 4 is 11.3 Å². The van der Waals surface area contributed by atoms with Crippen LogP contribution in [-0.2, 0) is 4.74 Å². The lowest BCUT2D eigenvalue weighted by molar-refractivity contribution is 0.0912. The minimum atomic E-state index is -0.214. The van der Waals surface area contributed by atoms with Gasteiger partial charge in [0.05, 0.1) is 12.6 Å². The average Bonchev–Trinajstić information content (AvgIpc) is 2.70. The normalized spacial score (nSPS) is 17.0. The number of methoxy groups -OCH3 is 1. The Morgan fingerprint density at radius 2 is 2.44 bits per heavy atom. The minimum absolute atomic E-state index is 0.150. The molecular formula is C11H20N2O2S. The molecule has 92 valence electrons. The Morgan fingerprint density at radius 3 is 2.94 bits per heavy atom. The number of nitrogens with one attached hydrogen (secondary N) is 1. The van der Waals surface area contributed by atoms with Crippen LogP contribution in [0.15, 0.2) is 11.6 Å². The SMILES string of the molecule is COCC(C)(CCO)NC(C)c1nccs1. The first-order valence-corrected chi connectivity index (χ1v) is 6.26. The van der Waals surface area contributed by atoms with Gasteiger partial charge in [0.2, 0.25) is 0 Å². The molecule has 0 fully saturated rings. The number of aliphatic hydroxyl groups is 1. The van der Waals surface area contributed by atoms with Crippen molar-refractivity contribution in [1.82, 2.24) is 10.3 Å². The van der Waals surface area contributed by atoms with Gasteiger partial charge < -0.3 is 15.2 Å². The fourth-order valence-electron chi connectivity index (χ4n) is 1.78. The van der Waals surface area contributed by atoms with Gasteiger partial charge in [-0.15, -0.1) is 11.3 Å². The highest BCUT2D eigenvalue weighted by Crippen LogP contribution is 2.20. The van der Waals surface area contributed by atoms with E-state index in [1.807, 2.05) is 5.38 Å². The molecule has 16 heavy (non-hydrogen) atoms. The first-order chi connectivity index (χ1) is 7.61. The van der Waals surface area contributed by atoms with Crippen LogP contribution in [0.5, 0.6) is 0 Å². The summed E-state index contributed by atoms with van der Waals surface area (Å²) in [6.07, 6.45) is 2.47. The predicted octanol–water partition coefficient (Wildman–Crippen LogP) is 1.58. The van der Waals surface area contributed by atoms with Crippen molar-refractivity contribution in [3.05, 3.63) is 16.6 Å². The van der Waals surface area contributed by atoms with E-state index < -0.39 is 0 Å². The molecule has 4 nitrogen and oxygen atoms in total. The Kier molecular flexibility index (Phi) is 5.34. The number of hydrogen-bond acceptors (Lipinski definition) is 5. The van der Waals surface area contributed by atoms with Crippen LogP contribution in [0.3, 0.4) is 0 Å². The van der Waals surface area contributed by atoms with Gasteiger partial charge in [-0.1, -0.05) is 0 Å². The van der Waals surface area contributed by atoms with E-state index in [4.69, 9.17) is 9.84 Å². The molecule has 1 rings (SSSR count). The van der Waals surface area contributed by atoms with Gasteiger partial charge in [0.25, 0.3) is 0 Å². The third kappa shape index (κ3) is 3.83. The Labute approximate surface area is 101 Å². The average molecular weight is 244 g/mol. The van der Waals surface area contributed by atoms with Crippen LogP contribution < -0.4 is 5.32 Å². The van der Waals surface area contributed by atoms with Gasteiger partial charge in [-0.05, 0) is 20.3 Å². The molecule has 0 aliphatic rings. The molecule has 2 N–H and O–H groups in total. The van der Waals surface area contributed by atoms with E-state index in [2.05, 4.69) is 24.1 Å². The first kappa shape index (κ1) is 13.6. The highest BCUT2D eigenvalue weighted by atomic mass is 32.1. The number of rotatable bonds is 7. The minimum Gasteiger partial charge on any atom is -0.396 e. The molecule has 0 aliphatic carbocycles. The summed E-state index contributed by atoms with van der Waals surface area (Å²) in [5, 5.41) is 15.5. The van der Waals surface area contributed by atoms with E-state index >= 15 is 0 Å². The lowest BCUT2D eigenvalue weighted by Crippen LogP contribution is -2.48. The zero-order chi connectivity index (χ0) is 12.0. The second-order valence-electron chi connectivity index (χ2n) is 4.20. The van der Waals surface area contributed by atoms with Gasteiger partial charge in [0.1, 0.15) is 5.01 Å². The summed E-state index contributed by atoms with van der Waals surface area (Å²) in [7, 11) is 1.67. The van der Waals surface area contributed by atoms with Crippen LogP contribution >= 0.6 is 11.3 Å². The first-order valence-electron chi connectivity index (χ1n) is 5.38. The van der Waals surface area contributed by atoms with Crippen LogP contribution in [0.25, 0.3) is 0 Å². The van der Waals surface area contributed by atoms with Crippen LogP contribution in [0.1, 0.15) is 31.3 Å². The number of aliphatic hydroxyl groups excluding tert-OH is 1. The number of hydrogen-bond donors (Lipinski definition) is 2. The smallest absolute Gasteiger partial charge is 0.109 e. The molecule has 0 aromatic carbocycles. The summed E-state index contributed by atoms with van der Waals surface area (Å²) >= 11 is 1.63. The van der Waals surface area contributed by atoms with Crippen molar-refractivity contribution in [2.24, 2.45) is 0 Å². The fraction of sp³-hybridized carbons (Fsp3) is 0.727. The Bertz CT molecular complexity index is 284. The van der Waals surface area contributed by atoms with Crippen molar-refractivity contribution in [2.75, 3.05) is 20.3 Å². The summed E-state index contributed by atoms with van der Waals surface area (Å²) in [6, 6.07) is 0.173. The maximum absolute atomic E-state index is 9.06.